The van der Waals surface area contributed by atoms with Crippen molar-refractivity contribution >= 4 is 17.7 Å². The third-order valence-corrected chi connectivity index (χ3v) is 16.8. The minimum atomic E-state index is -1.67. The monoisotopic (exact) mass is 954 g/mol. The van der Waals surface area contributed by atoms with Gasteiger partial charge in [0, 0.05) is 50.4 Å². The zero-order valence-electron chi connectivity index (χ0n) is 40.3. The molecular formula is C48H74O19. The van der Waals surface area contributed by atoms with Gasteiger partial charge in [-0.25, -0.2) is 4.79 Å². The second-order valence-electron chi connectivity index (χ2n) is 20.4. The number of aliphatic hydroxyl groups is 6. The molecule has 19 heteroatoms. The Morgan fingerprint density at radius 3 is 2.10 bits per heavy atom. The van der Waals surface area contributed by atoms with Crippen molar-refractivity contribution in [2.24, 2.45) is 28.6 Å². The number of carbonyl (C=O) groups is 3. The summed E-state index contributed by atoms with van der Waals surface area (Å²) in [5.41, 5.74) is -1.78. The molecule has 6 N–H and O–H groups in total. The summed E-state index contributed by atoms with van der Waals surface area (Å²) in [5, 5.41) is 65.3. The lowest BCUT2D eigenvalue weighted by Gasteiger charge is -2.64. The molecule has 3 heterocycles. The van der Waals surface area contributed by atoms with Crippen molar-refractivity contribution in [3.05, 3.63) is 23.3 Å². The van der Waals surface area contributed by atoms with Crippen LogP contribution in [0.15, 0.2) is 23.3 Å². The molecule has 6 fully saturated rings. The molecule has 0 spiro atoms. The van der Waals surface area contributed by atoms with Crippen molar-refractivity contribution in [1.82, 2.24) is 0 Å². The maximum Gasteiger partial charge on any atom is 0.333 e. The second kappa shape index (κ2) is 20.3. The van der Waals surface area contributed by atoms with Gasteiger partial charge in [0.05, 0.1) is 36.6 Å². The van der Waals surface area contributed by atoms with Gasteiger partial charge in [-0.05, 0) is 84.5 Å². The van der Waals surface area contributed by atoms with Crippen LogP contribution in [0.2, 0.25) is 0 Å². The summed E-state index contributed by atoms with van der Waals surface area (Å²) in [6.07, 6.45) is -11.1. The van der Waals surface area contributed by atoms with Crippen LogP contribution in [-0.4, -0.2) is 179 Å². The number of rotatable bonds is 13. The van der Waals surface area contributed by atoms with Crippen molar-refractivity contribution in [3.63, 3.8) is 0 Å². The molecule has 3 saturated heterocycles. The molecule has 19 nitrogen and oxygen atoms in total. The maximum absolute atomic E-state index is 13.6. The standard InChI is InChI=1S/C48H74O19/c1-11-21(2)43(56)67-42-40(62-25(6)51)33-29(48(57)17-15-28(22(3)50)47(42,48)8)13-12-26-18-27(14-16-46(26,33)7)63-32-19-30(58-9)38(23(4)60-32)65-45-37(55)41(59-10)39(24(5)61-45)66-44-36(54)35(53)34(52)31(20-49)64-44/h11-12,23-24,27-42,44-45,49,52-55,57H,13-20H2,1-10H3/b21-11+/t23?,24?,27-,28+,29+,30+,31?,32-,33+,34+,35-,36?,37?,38+,39+,40-,41+,42+,44-,45-,46-,47-,48-/m0/s1. The predicted molar refractivity (Wildman–Crippen MR) is 232 cm³/mol. The van der Waals surface area contributed by atoms with E-state index in [0.717, 1.165) is 5.57 Å². The first-order valence-corrected chi connectivity index (χ1v) is 23.8. The molecule has 380 valence electrons. The Morgan fingerprint density at radius 2 is 1.48 bits per heavy atom. The SMILES string of the molecule is C/C=C(\C)C(=O)O[C@@H]1[C@@H](OC(C)=O)[C@H]2[C@@H](CC=C3C[C@@H](O[C@H]4C[C@@H](OC)[C@H](O[C@@H]5OC(C)[C@@H](O[C@@H]6OC(CO)[C@@H](O)[C@H](O)C6O)[C@H](OC)C5O)C(C)O4)CC[C@@]32C)[C@@]2(O)CC[C@H](C(C)=O)[C@@]12C. The number of hydrogen-bond donors (Lipinski definition) is 6. The van der Waals surface area contributed by atoms with Gasteiger partial charge < -0.3 is 78.0 Å². The molecule has 3 aliphatic heterocycles. The van der Waals surface area contributed by atoms with Gasteiger partial charge >= 0.3 is 11.9 Å². The highest BCUT2D eigenvalue weighted by Gasteiger charge is 2.75. The average Bonchev–Trinajstić information content (AvgIpc) is 3.57. The van der Waals surface area contributed by atoms with Gasteiger partial charge in [-0.3, -0.25) is 9.59 Å². The van der Waals surface area contributed by atoms with E-state index in [0.29, 0.717) is 44.1 Å². The Kier molecular flexibility index (Phi) is 15.9. The summed E-state index contributed by atoms with van der Waals surface area (Å²) in [5.74, 6) is -2.71. The average molecular weight is 955 g/mol. The number of fused-ring (bicyclic) bond motifs is 5. The summed E-state index contributed by atoms with van der Waals surface area (Å²) in [6.45, 7) is 13.0. The van der Waals surface area contributed by atoms with E-state index >= 15 is 0 Å². The van der Waals surface area contributed by atoms with Gasteiger partial charge in [-0.15, -0.1) is 0 Å². The summed E-state index contributed by atoms with van der Waals surface area (Å²) >= 11 is 0. The summed E-state index contributed by atoms with van der Waals surface area (Å²) in [6, 6.07) is 0. The van der Waals surface area contributed by atoms with Crippen molar-refractivity contribution in [1.29, 1.82) is 0 Å². The lowest BCUT2D eigenvalue weighted by atomic mass is 9.44. The fourth-order valence-corrected chi connectivity index (χ4v) is 13.0. The summed E-state index contributed by atoms with van der Waals surface area (Å²) in [4.78, 5) is 39.9. The van der Waals surface area contributed by atoms with Crippen LogP contribution in [0.1, 0.15) is 100 Å². The first-order chi connectivity index (χ1) is 31.6. The first kappa shape index (κ1) is 52.4. The van der Waals surface area contributed by atoms with Crippen LogP contribution in [0, 0.1) is 28.6 Å². The lowest BCUT2D eigenvalue weighted by Crippen LogP contribution is -2.72. The van der Waals surface area contributed by atoms with Gasteiger partial charge in [0.25, 0.3) is 0 Å². The Hall–Kier alpha value is -2.47. The van der Waals surface area contributed by atoms with E-state index in [1.165, 1.54) is 21.0 Å². The molecule has 0 aromatic heterocycles. The predicted octanol–water partition coefficient (Wildman–Crippen LogP) is 1.52. The molecule has 3 saturated carbocycles. The number of ketones is 1. The van der Waals surface area contributed by atoms with E-state index in [-0.39, 0.29) is 18.3 Å². The fourth-order valence-electron chi connectivity index (χ4n) is 13.0. The Labute approximate surface area is 392 Å². The molecule has 23 atom stereocenters. The zero-order valence-corrected chi connectivity index (χ0v) is 40.3. The van der Waals surface area contributed by atoms with Gasteiger partial charge in [0.15, 0.2) is 18.9 Å². The van der Waals surface area contributed by atoms with Crippen LogP contribution >= 0.6 is 0 Å². The zero-order chi connectivity index (χ0) is 49.1. The number of hydrogen-bond acceptors (Lipinski definition) is 19. The van der Waals surface area contributed by atoms with Crippen LogP contribution < -0.4 is 0 Å². The molecule has 7 aliphatic rings. The third kappa shape index (κ3) is 9.22. The summed E-state index contributed by atoms with van der Waals surface area (Å²) in [7, 11) is 2.91. The Balaban J connectivity index is 1.04. The first-order valence-electron chi connectivity index (χ1n) is 23.8. The number of Topliss-reactive ketones (excluding diaryl/α,β-unsaturated/α-hetero) is 1. The molecule has 4 aliphatic carbocycles. The van der Waals surface area contributed by atoms with E-state index < -0.39 is 151 Å². The second-order valence-corrected chi connectivity index (χ2v) is 20.4. The van der Waals surface area contributed by atoms with Crippen molar-refractivity contribution in [2.75, 3.05) is 20.8 Å². The molecule has 67 heavy (non-hydrogen) atoms. The van der Waals surface area contributed by atoms with E-state index in [1.54, 1.807) is 34.0 Å². The van der Waals surface area contributed by atoms with Gasteiger partial charge in [0.2, 0.25) is 0 Å². The van der Waals surface area contributed by atoms with Gasteiger partial charge in [-0.2, -0.15) is 0 Å². The van der Waals surface area contributed by atoms with Crippen LogP contribution in [-0.2, 0) is 61.8 Å². The number of methoxy groups -OCH3 is 2. The van der Waals surface area contributed by atoms with Crippen molar-refractivity contribution < 1.29 is 92.4 Å². The highest BCUT2D eigenvalue weighted by atomic mass is 16.8. The smallest absolute Gasteiger partial charge is 0.333 e. The molecule has 0 aromatic carbocycles. The van der Waals surface area contributed by atoms with Gasteiger partial charge in [0.1, 0.15) is 66.8 Å². The number of aliphatic hydroxyl groups excluding tert-OH is 5. The lowest BCUT2D eigenvalue weighted by molar-refractivity contribution is -0.371. The normalized spacial score (nSPS) is 48.9. The highest BCUT2D eigenvalue weighted by molar-refractivity contribution is 5.88. The molecule has 0 radical (unpaired) electrons. The fraction of sp³-hybridized carbons (Fsp3) is 0.854. The van der Waals surface area contributed by atoms with E-state index in [1.807, 2.05) is 13.8 Å². The molecule has 0 amide bonds. The molecular weight excluding hydrogens is 881 g/mol. The van der Waals surface area contributed by atoms with Crippen LogP contribution in [0.5, 0.6) is 0 Å². The quantitative estimate of drug-likeness (QED) is 0.0869. The van der Waals surface area contributed by atoms with Crippen LogP contribution in [0.3, 0.4) is 0 Å². The van der Waals surface area contributed by atoms with E-state index in [9.17, 15) is 45.0 Å². The Bertz CT molecular complexity index is 1860. The minimum absolute atomic E-state index is 0.114. The van der Waals surface area contributed by atoms with Gasteiger partial charge in [-0.1, -0.05) is 31.6 Å². The number of esters is 2. The molecule has 5 unspecified atom stereocenters. The van der Waals surface area contributed by atoms with Crippen molar-refractivity contribution in [3.8, 4) is 0 Å². The largest absolute Gasteiger partial charge is 0.458 e. The third-order valence-electron chi connectivity index (χ3n) is 16.8. The minimum Gasteiger partial charge on any atom is -0.458 e. The number of carbonyl (C=O) groups excluding carboxylic acids is 3. The van der Waals surface area contributed by atoms with E-state index in [2.05, 4.69) is 13.0 Å². The number of ether oxygens (including phenoxy) is 10. The van der Waals surface area contributed by atoms with Crippen LogP contribution in [0.25, 0.3) is 0 Å². The number of allylic oxidation sites excluding steroid dienone is 2. The maximum atomic E-state index is 13.6. The highest BCUT2D eigenvalue weighted by Crippen LogP contribution is 2.69. The van der Waals surface area contributed by atoms with E-state index in [4.69, 9.17) is 47.4 Å². The summed E-state index contributed by atoms with van der Waals surface area (Å²) < 4.78 is 61.3. The van der Waals surface area contributed by atoms with Crippen molar-refractivity contribution in [2.45, 2.75) is 210 Å². The molecule has 0 aromatic rings. The van der Waals surface area contributed by atoms with Crippen LogP contribution in [0.4, 0.5) is 0 Å². The topological polar surface area (TPSA) is 265 Å². The molecule has 7 rings (SSSR count). The Morgan fingerprint density at radius 1 is 0.806 bits per heavy atom. The molecule has 0 bridgehead atoms.